The summed E-state index contributed by atoms with van der Waals surface area (Å²) in [5.41, 5.74) is 10.8. The smallest absolute Gasteiger partial charge is 0.155 e. The summed E-state index contributed by atoms with van der Waals surface area (Å²) in [7, 11) is 0. The third-order valence-corrected chi connectivity index (χ3v) is 4.97. The van der Waals surface area contributed by atoms with Crippen molar-refractivity contribution in [2.75, 3.05) is 11.1 Å². The van der Waals surface area contributed by atoms with Crippen molar-refractivity contribution in [1.82, 2.24) is 15.2 Å². The van der Waals surface area contributed by atoms with Gasteiger partial charge >= 0.3 is 0 Å². The molecule has 6 heteroatoms. The number of nitrogens with one attached hydrogen (secondary N) is 2. The fourth-order valence-corrected chi connectivity index (χ4v) is 3.52. The highest BCUT2D eigenvalue weighted by atomic mass is 16.5. The molecule has 0 bridgehead atoms. The molecule has 0 atom stereocenters. The van der Waals surface area contributed by atoms with E-state index >= 15 is 0 Å². The lowest BCUT2D eigenvalue weighted by molar-refractivity contribution is 0.483. The molecular formula is C25H21N5O. The second-order valence-electron chi connectivity index (χ2n) is 7.32. The van der Waals surface area contributed by atoms with Gasteiger partial charge in [-0.25, -0.2) is 4.98 Å². The van der Waals surface area contributed by atoms with E-state index in [1.54, 1.807) is 0 Å². The van der Waals surface area contributed by atoms with Gasteiger partial charge in [-0.3, -0.25) is 5.10 Å². The van der Waals surface area contributed by atoms with Gasteiger partial charge in [0.25, 0.3) is 0 Å². The molecule has 0 aliphatic carbocycles. The quantitative estimate of drug-likeness (QED) is 0.330. The summed E-state index contributed by atoms with van der Waals surface area (Å²) >= 11 is 0. The zero-order valence-electron chi connectivity index (χ0n) is 17.0. The predicted octanol–water partition coefficient (Wildman–Crippen LogP) is 6.05. The molecule has 0 radical (unpaired) electrons. The molecule has 0 saturated heterocycles. The van der Waals surface area contributed by atoms with Crippen LogP contribution in [0.1, 0.15) is 5.56 Å². The van der Waals surface area contributed by atoms with Gasteiger partial charge in [0.05, 0.1) is 16.6 Å². The number of pyridine rings is 1. The van der Waals surface area contributed by atoms with Crippen LogP contribution in [-0.4, -0.2) is 15.2 Å². The molecule has 2 heterocycles. The van der Waals surface area contributed by atoms with Gasteiger partial charge in [-0.05, 0) is 61.0 Å². The maximum atomic E-state index is 6.14. The number of nitrogens with two attached hydrogens (primary N) is 1. The molecule has 5 aromatic rings. The van der Waals surface area contributed by atoms with Gasteiger partial charge in [-0.15, -0.1) is 0 Å². The summed E-state index contributed by atoms with van der Waals surface area (Å²) in [6.07, 6.45) is 0. The van der Waals surface area contributed by atoms with Crippen LogP contribution >= 0.6 is 0 Å². The summed E-state index contributed by atoms with van der Waals surface area (Å²) in [6, 6.07) is 27.5. The number of H-pyrrole nitrogens is 1. The lowest BCUT2D eigenvalue weighted by atomic mass is 10.1. The summed E-state index contributed by atoms with van der Waals surface area (Å²) < 4.78 is 5.90. The Morgan fingerprint density at radius 1 is 0.871 bits per heavy atom. The third kappa shape index (κ3) is 3.91. The van der Waals surface area contributed by atoms with Crippen LogP contribution in [0.3, 0.4) is 0 Å². The largest absolute Gasteiger partial charge is 0.457 e. The Balaban J connectivity index is 1.51. The summed E-state index contributed by atoms with van der Waals surface area (Å²) in [4.78, 5) is 4.85. The van der Waals surface area contributed by atoms with Crippen LogP contribution in [0.2, 0.25) is 0 Å². The van der Waals surface area contributed by atoms with E-state index < -0.39 is 0 Å². The predicted molar refractivity (Wildman–Crippen MR) is 125 cm³/mol. The fourth-order valence-electron chi connectivity index (χ4n) is 3.52. The average molecular weight is 407 g/mol. The van der Waals surface area contributed by atoms with Crippen molar-refractivity contribution in [3.05, 3.63) is 90.5 Å². The van der Waals surface area contributed by atoms with E-state index in [4.69, 9.17) is 15.5 Å². The van der Waals surface area contributed by atoms with E-state index in [-0.39, 0.29) is 0 Å². The molecule has 0 spiro atoms. The van der Waals surface area contributed by atoms with Gasteiger partial charge in [0.1, 0.15) is 17.3 Å². The van der Waals surface area contributed by atoms with Crippen LogP contribution in [0.15, 0.2) is 84.9 Å². The van der Waals surface area contributed by atoms with Crippen molar-refractivity contribution in [1.29, 1.82) is 0 Å². The monoisotopic (exact) mass is 407 g/mol. The minimum absolute atomic E-state index is 0.421. The van der Waals surface area contributed by atoms with E-state index in [2.05, 4.69) is 34.6 Å². The molecule has 6 nitrogen and oxygen atoms in total. The molecule has 0 amide bonds. The molecule has 4 N–H and O–H groups in total. The van der Waals surface area contributed by atoms with Crippen molar-refractivity contribution in [2.45, 2.75) is 6.92 Å². The lowest BCUT2D eigenvalue weighted by Crippen LogP contribution is -1.97. The van der Waals surface area contributed by atoms with Gasteiger partial charge < -0.3 is 15.8 Å². The Kier molecular flexibility index (Phi) is 4.72. The zero-order valence-corrected chi connectivity index (χ0v) is 17.0. The van der Waals surface area contributed by atoms with Gasteiger partial charge in [-0.1, -0.05) is 30.3 Å². The molecule has 31 heavy (non-hydrogen) atoms. The van der Waals surface area contributed by atoms with Crippen LogP contribution in [0.25, 0.3) is 22.2 Å². The summed E-state index contributed by atoms with van der Waals surface area (Å²) in [6.45, 7) is 2.06. The van der Waals surface area contributed by atoms with Crippen LogP contribution in [0, 0.1) is 6.92 Å². The number of ether oxygens (including phenoxy) is 1. The first-order valence-electron chi connectivity index (χ1n) is 9.97. The maximum absolute atomic E-state index is 6.14. The van der Waals surface area contributed by atoms with E-state index in [0.29, 0.717) is 11.6 Å². The summed E-state index contributed by atoms with van der Waals surface area (Å²) in [5, 5.41) is 11.4. The first-order chi connectivity index (χ1) is 15.2. The Morgan fingerprint density at radius 2 is 1.65 bits per heavy atom. The molecule has 3 aromatic carbocycles. The molecule has 2 aromatic heterocycles. The number of anilines is 3. The van der Waals surface area contributed by atoms with E-state index in [1.165, 1.54) is 5.56 Å². The van der Waals surface area contributed by atoms with Crippen molar-refractivity contribution in [2.24, 2.45) is 0 Å². The number of nitrogen functional groups attached to an aromatic ring is 1. The molecule has 0 unspecified atom stereocenters. The second-order valence-corrected chi connectivity index (χ2v) is 7.32. The summed E-state index contributed by atoms with van der Waals surface area (Å²) in [5.74, 6) is 2.67. The van der Waals surface area contributed by atoms with Gasteiger partial charge in [-0.2, -0.15) is 5.10 Å². The number of para-hydroxylation sites is 1. The van der Waals surface area contributed by atoms with E-state index in [9.17, 15) is 0 Å². The first kappa shape index (κ1) is 18.7. The van der Waals surface area contributed by atoms with Gasteiger partial charge in [0, 0.05) is 17.3 Å². The normalized spacial score (nSPS) is 10.9. The average Bonchev–Trinajstić information content (AvgIpc) is 3.15. The number of benzene rings is 3. The van der Waals surface area contributed by atoms with Gasteiger partial charge in [0.15, 0.2) is 5.82 Å². The van der Waals surface area contributed by atoms with Crippen molar-refractivity contribution in [3.63, 3.8) is 0 Å². The molecule has 0 saturated carbocycles. The van der Waals surface area contributed by atoms with Crippen LogP contribution in [0.4, 0.5) is 17.3 Å². The number of aromatic nitrogens is 3. The molecule has 152 valence electrons. The number of nitrogens with zero attached hydrogens (tertiary/aromatic N) is 2. The number of hydrogen-bond donors (Lipinski definition) is 3. The number of aromatic amines is 1. The molecule has 0 aliphatic heterocycles. The van der Waals surface area contributed by atoms with Crippen molar-refractivity contribution < 1.29 is 4.74 Å². The molecule has 0 fully saturated rings. The minimum atomic E-state index is 0.421. The first-order valence-corrected chi connectivity index (χ1v) is 9.97. The SMILES string of the molecule is Cc1cccc(Nc2cc3[nH]nc(N)c3c(-c3ccc(Oc4ccccc4)cc3)n2)c1. The Morgan fingerprint density at radius 3 is 2.42 bits per heavy atom. The Bertz CT molecular complexity index is 1340. The van der Waals surface area contributed by atoms with Crippen molar-refractivity contribution in [3.8, 4) is 22.8 Å². The van der Waals surface area contributed by atoms with Crippen LogP contribution in [-0.2, 0) is 0 Å². The highest BCUT2D eigenvalue weighted by Crippen LogP contribution is 2.34. The molecule has 0 aliphatic rings. The van der Waals surface area contributed by atoms with Crippen LogP contribution < -0.4 is 15.8 Å². The minimum Gasteiger partial charge on any atom is -0.457 e. The number of rotatable bonds is 5. The second kappa shape index (κ2) is 7.84. The van der Waals surface area contributed by atoms with Gasteiger partial charge in [0.2, 0.25) is 0 Å². The highest BCUT2D eigenvalue weighted by molar-refractivity contribution is 6.01. The molecular weight excluding hydrogens is 386 g/mol. The van der Waals surface area contributed by atoms with Crippen LogP contribution in [0.5, 0.6) is 11.5 Å². The van der Waals surface area contributed by atoms with Crippen molar-refractivity contribution >= 4 is 28.2 Å². The molecule has 5 rings (SSSR count). The number of aryl methyl sites for hydroxylation is 1. The number of fused-ring (bicyclic) bond motifs is 1. The fraction of sp³-hybridized carbons (Fsp3) is 0.0400. The lowest BCUT2D eigenvalue weighted by Gasteiger charge is -2.11. The maximum Gasteiger partial charge on any atom is 0.155 e. The zero-order chi connectivity index (χ0) is 21.2. The Hall–Kier alpha value is -4.32. The standard InChI is InChI=1S/C25H21N5O/c1-16-6-5-7-18(14-16)27-22-15-21-23(25(26)30-29-21)24(28-22)17-10-12-20(13-11-17)31-19-8-3-2-4-9-19/h2-15H,1H3,(H,27,28)(H3,26,29,30). The van der Waals surface area contributed by atoms with E-state index in [1.807, 2.05) is 72.8 Å². The number of hydrogen-bond acceptors (Lipinski definition) is 5. The van der Waals surface area contributed by atoms with E-state index in [0.717, 1.165) is 39.3 Å². The topological polar surface area (TPSA) is 88.9 Å². The third-order valence-electron chi connectivity index (χ3n) is 4.97. The highest BCUT2D eigenvalue weighted by Gasteiger charge is 2.14. The Labute approximate surface area is 179 Å².